The minimum Gasteiger partial charge on any atom is -0.317 e. The van der Waals surface area contributed by atoms with E-state index >= 15 is 0 Å². The summed E-state index contributed by atoms with van der Waals surface area (Å²) in [5, 5.41) is 3.86. The summed E-state index contributed by atoms with van der Waals surface area (Å²) >= 11 is 0. The second kappa shape index (κ2) is 10.9. The first-order chi connectivity index (χ1) is 26.7. The molecule has 0 N–H and O–H groups in total. The number of rotatable bonds is 3. The van der Waals surface area contributed by atoms with E-state index in [1.54, 1.807) is 0 Å². The van der Waals surface area contributed by atoms with Crippen LogP contribution in [0.4, 0.5) is 0 Å². The van der Waals surface area contributed by atoms with Crippen LogP contribution in [0, 0.1) is 5.92 Å². The van der Waals surface area contributed by atoms with Crippen LogP contribution < -0.4 is 0 Å². The van der Waals surface area contributed by atoms with Crippen molar-refractivity contribution in [1.29, 1.82) is 0 Å². The van der Waals surface area contributed by atoms with Crippen molar-refractivity contribution in [1.82, 2.24) is 14.1 Å². The smallest absolute Gasteiger partial charge is 0.0747 e. The van der Waals surface area contributed by atoms with E-state index in [0.717, 1.165) is 0 Å². The molecule has 1 spiro atoms. The van der Waals surface area contributed by atoms with Crippen molar-refractivity contribution in [3.05, 3.63) is 210 Å². The summed E-state index contributed by atoms with van der Waals surface area (Å²) < 4.78 is 4.79. The Morgan fingerprint density at radius 1 is 0.593 bits per heavy atom. The fourth-order valence-electron chi connectivity index (χ4n) is 10.3. The average molecular weight is 690 g/mol. The highest BCUT2D eigenvalue weighted by Gasteiger charge is 2.53. The van der Waals surface area contributed by atoms with E-state index in [9.17, 15) is 0 Å². The van der Waals surface area contributed by atoms with Crippen molar-refractivity contribution >= 4 is 38.4 Å². The molecule has 0 fully saturated rings. The highest BCUT2D eigenvalue weighted by Crippen LogP contribution is 2.64. The molecule has 0 aliphatic heterocycles. The lowest BCUT2D eigenvalue weighted by Crippen LogP contribution is -2.26. The summed E-state index contributed by atoms with van der Waals surface area (Å²) in [7, 11) is 0. The largest absolute Gasteiger partial charge is 0.317 e. The maximum Gasteiger partial charge on any atom is 0.0747 e. The molecule has 0 amide bonds. The Morgan fingerprint density at radius 3 is 2.11 bits per heavy atom. The standard InChI is InChI=1S/C51H35N3/c1-32-30-36(22-23-37(32)33-18-20-35(21-19-33)53-29-27-34-10-2-8-16-46(34)53)54-47-17-9-5-13-42(47)49-48(54)25-24-41-39-12-4-7-15-44(39)51(50(41)49)43-14-6-3-11-38(43)40-26-28-52-31-45(40)51/h2-32,37H,1H3. The van der Waals surface area contributed by atoms with Crippen molar-refractivity contribution < 1.29 is 0 Å². The molecule has 3 heteroatoms. The van der Waals surface area contributed by atoms with Gasteiger partial charge in [0.1, 0.15) is 0 Å². The molecule has 6 aromatic carbocycles. The zero-order valence-corrected chi connectivity index (χ0v) is 29.8. The molecule has 3 aromatic heterocycles. The normalized spacial score (nSPS) is 19.3. The SMILES string of the molecule is CC1C=C(n2c3ccccc3c3c4c(ccc32)-c2ccccc2C42c3ccccc3-c3ccncc32)C=CC1c1ccc(-n2ccc3ccccc32)cc1. The van der Waals surface area contributed by atoms with E-state index in [1.807, 2.05) is 6.20 Å². The highest BCUT2D eigenvalue weighted by molar-refractivity contribution is 6.17. The molecule has 0 saturated heterocycles. The molecule has 3 atom stereocenters. The van der Waals surface area contributed by atoms with Crippen LogP contribution in [0.5, 0.6) is 0 Å². The Bertz CT molecular complexity index is 3010. The number of fused-ring (bicyclic) bond motifs is 15. The van der Waals surface area contributed by atoms with Crippen LogP contribution in [0.15, 0.2) is 182 Å². The third-order valence-corrected chi connectivity index (χ3v) is 12.6. The van der Waals surface area contributed by atoms with Crippen LogP contribution in [-0.2, 0) is 5.41 Å². The number of hydrogen-bond acceptors (Lipinski definition) is 1. The summed E-state index contributed by atoms with van der Waals surface area (Å²) in [6.07, 6.45) is 13.5. The molecular weight excluding hydrogens is 655 g/mol. The Balaban J connectivity index is 1.02. The second-order valence-corrected chi connectivity index (χ2v) is 15.2. The summed E-state index contributed by atoms with van der Waals surface area (Å²) in [6, 6.07) is 53.9. The van der Waals surface area contributed by atoms with Gasteiger partial charge in [-0.2, -0.15) is 0 Å². The molecule has 9 aromatic rings. The Morgan fingerprint density at radius 2 is 1.30 bits per heavy atom. The molecule has 3 unspecified atom stereocenters. The summed E-state index contributed by atoms with van der Waals surface area (Å²) in [6.45, 7) is 2.36. The molecule has 0 saturated carbocycles. The first-order valence-corrected chi connectivity index (χ1v) is 19.0. The van der Waals surface area contributed by atoms with E-state index in [0.29, 0.717) is 11.8 Å². The van der Waals surface area contributed by atoms with Crippen molar-refractivity contribution in [3.8, 4) is 27.9 Å². The predicted molar refractivity (Wildman–Crippen MR) is 222 cm³/mol. The predicted octanol–water partition coefficient (Wildman–Crippen LogP) is 12.3. The van der Waals surface area contributed by atoms with Gasteiger partial charge in [0.2, 0.25) is 0 Å². The monoisotopic (exact) mass is 689 g/mol. The number of benzene rings is 6. The van der Waals surface area contributed by atoms with E-state index < -0.39 is 5.41 Å². The lowest BCUT2D eigenvalue weighted by Gasteiger charge is -2.30. The minimum absolute atomic E-state index is 0.290. The molecule has 54 heavy (non-hydrogen) atoms. The number of aromatic nitrogens is 3. The zero-order valence-electron chi connectivity index (χ0n) is 29.8. The Labute approximate surface area is 313 Å². The van der Waals surface area contributed by atoms with E-state index in [1.165, 1.54) is 94.2 Å². The maximum absolute atomic E-state index is 4.77. The lowest BCUT2D eigenvalue weighted by molar-refractivity contribution is 0.635. The Hall–Kier alpha value is -6.71. The number of hydrogen-bond donors (Lipinski definition) is 0. The quantitative estimate of drug-likeness (QED) is 0.181. The fourth-order valence-corrected chi connectivity index (χ4v) is 10.3. The molecule has 3 heterocycles. The molecular formula is C51H35N3. The van der Waals surface area contributed by atoms with Crippen molar-refractivity contribution in [2.75, 3.05) is 0 Å². The van der Waals surface area contributed by atoms with Crippen molar-refractivity contribution in [2.24, 2.45) is 5.92 Å². The van der Waals surface area contributed by atoms with Gasteiger partial charge in [-0.05, 0) is 110 Å². The van der Waals surface area contributed by atoms with E-state index in [4.69, 9.17) is 4.98 Å². The first-order valence-electron chi connectivity index (χ1n) is 19.0. The third-order valence-electron chi connectivity index (χ3n) is 12.6. The molecule has 12 rings (SSSR count). The first kappa shape index (κ1) is 29.8. The van der Waals surface area contributed by atoms with Crippen LogP contribution in [-0.4, -0.2) is 14.1 Å². The van der Waals surface area contributed by atoms with Gasteiger partial charge in [0.15, 0.2) is 0 Å². The number of allylic oxidation sites excluding steroid dienone is 4. The summed E-state index contributed by atoms with van der Waals surface area (Å²) in [4.78, 5) is 4.77. The van der Waals surface area contributed by atoms with Gasteiger partial charge < -0.3 is 9.13 Å². The second-order valence-electron chi connectivity index (χ2n) is 15.2. The van der Waals surface area contributed by atoms with Crippen LogP contribution >= 0.6 is 0 Å². The molecule has 3 aliphatic carbocycles. The summed E-state index contributed by atoms with van der Waals surface area (Å²) in [5.74, 6) is 0.600. The van der Waals surface area contributed by atoms with Crippen molar-refractivity contribution in [2.45, 2.75) is 18.3 Å². The fraction of sp³-hybridized carbons (Fsp3) is 0.0784. The molecule has 254 valence electrons. The van der Waals surface area contributed by atoms with E-state index in [-0.39, 0.29) is 0 Å². The zero-order chi connectivity index (χ0) is 35.5. The number of para-hydroxylation sites is 2. The molecule has 3 nitrogen and oxygen atoms in total. The van der Waals surface area contributed by atoms with Gasteiger partial charge in [0, 0.05) is 46.7 Å². The lowest BCUT2D eigenvalue weighted by atomic mass is 9.70. The van der Waals surface area contributed by atoms with Crippen LogP contribution in [0.25, 0.3) is 66.3 Å². The minimum atomic E-state index is -0.463. The van der Waals surface area contributed by atoms with Gasteiger partial charge in [-0.3, -0.25) is 4.98 Å². The van der Waals surface area contributed by atoms with Gasteiger partial charge >= 0.3 is 0 Å². The van der Waals surface area contributed by atoms with Gasteiger partial charge in [-0.1, -0.05) is 122 Å². The van der Waals surface area contributed by atoms with Crippen LogP contribution in [0.1, 0.15) is 40.7 Å². The van der Waals surface area contributed by atoms with E-state index in [2.05, 4.69) is 192 Å². The molecule has 3 aliphatic rings. The number of pyridine rings is 1. The van der Waals surface area contributed by atoms with Gasteiger partial charge in [-0.15, -0.1) is 0 Å². The summed E-state index contributed by atoms with van der Waals surface area (Å²) in [5.41, 5.74) is 17.5. The Kier molecular flexibility index (Phi) is 6.03. The van der Waals surface area contributed by atoms with Crippen LogP contribution in [0.2, 0.25) is 0 Å². The topological polar surface area (TPSA) is 22.8 Å². The van der Waals surface area contributed by atoms with Crippen LogP contribution in [0.3, 0.4) is 0 Å². The highest BCUT2D eigenvalue weighted by atomic mass is 15.0. The van der Waals surface area contributed by atoms with Crippen molar-refractivity contribution in [3.63, 3.8) is 0 Å². The van der Waals surface area contributed by atoms with Gasteiger partial charge in [0.05, 0.1) is 22.0 Å². The third kappa shape index (κ3) is 3.78. The number of nitrogens with zero attached hydrogens (tertiary/aromatic N) is 3. The molecule has 0 bridgehead atoms. The van der Waals surface area contributed by atoms with Gasteiger partial charge in [-0.25, -0.2) is 0 Å². The molecule has 0 radical (unpaired) electrons. The average Bonchev–Trinajstić information content (AvgIpc) is 3.97. The van der Waals surface area contributed by atoms with Gasteiger partial charge in [0.25, 0.3) is 0 Å². The maximum atomic E-state index is 4.77.